The van der Waals surface area contributed by atoms with Crippen molar-refractivity contribution in [3.63, 3.8) is 0 Å². The number of fused-ring (bicyclic) bond motifs is 2. The van der Waals surface area contributed by atoms with Gasteiger partial charge in [0.15, 0.2) is 5.13 Å². The Morgan fingerprint density at radius 1 is 1.09 bits per heavy atom. The Balaban J connectivity index is 1.16. The summed E-state index contributed by atoms with van der Waals surface area (Å²) >= 11 is 2.96. The van der Waals surface area contributed by atoms with Crippen LogP contribution in [0.1, 0.15) is 21.6 Å². The minimum Gasteiger partial charge on any atom is -0.493 e. The zero-order valence-corrected chi connectivity index (χ0v) is 19.5. The lowest BCUT2D eigenvalue weighted by Gasteiger charge is -2.26. The SMILES string of the molecule is O=C(Nc1nc2ccc(CN3CCOCC3)cc2s1)c1csc(-c2ccc3c(c2)CCO3)n1. The molecule has 2 aromatic heterocycles. The smallest absolute Gasteiger partial charge is 0.276 e. The number of amides is 1. The lowest BCUT2D eigenvalue weighted by molar-refractivity contribution is 0.0342. The third-order valence-corrected chi connectivity index (χ3v) is 7.68. The molecule has 2 aliphatic rings. The molecule has 168 valence electrons. The Labute approximate surface area is 199 Å². The molecule has 0 unspecified atom stereocenters. The zero-order valence-electron chi connectivity index (χ0n) is 17.9. The molecule has 0 aliphatic carbocycles. The lowest BCUT2D eigenvalue weighted by atomic mass is 10.1. The number of morpholine rings is 1. The molecular weight excluding hydrogens is 456 g/mol. The molecule has 33 heavy (non-hydrogen) atoms. The van der Waals surface area contributed by atoms with Gasteiger partial charge in [-0.15, -0.1) is 11.3 Å². The molecule has 6 rings (SSSR count). The maximum Gasteiger partial charge on any atom is 0.276 e. The molecule has 2 aromatic carbocycles. The van der Waals surface area contributed by atoms with E-state index >= 15 is 0 Å². The van der Waals surface area contributed by atoms with Gasteiger partial charge in [0.1, 0.15) is 16.5 Å². The number of hydrogen-bond acceptors (Lipinski definition) is 8. The maximum atomic E-state index is 12.8. The van der Waals surface area contributed by atoms with Gasteiger partial charge in [-0.05, 0) is 41.5 Å². The molecule has 1 saturated heterocycles. The molecule has 2 aliphatic heterocycles. The number of thiazole rings is 2. The van der Waals surface area contributed by atoms with Gasteiger partial charge >= 0.3 is 0 Å². The summed E-state index contributed by atoms with van der Waals surface area (Å²) in [6.07, 6.45) is 0.910. The predicted molar refractivity (Wildman–Crippen MR) is 130 cm³/mol. The average Bonchev–Trinajstić information content (AvgIpc) is 3.58. The second-order valence-corrected chi connectivity index (χ2v) is 10.0. The minimum absolute atomic E-state index is 0.241. The van der Waals surface area contributed by atoms with E-state index in [0.29, 0.717) is 10.8 Å². The highest BCUT2D eigenvalue weighted by molar-refractivity contribution is 7.22. The summed E-state index contributed by atoms with van der Waals surface area (Å²) in [5.74, 6) is 0.701. The molecule has 0 radical (unpaired) electrons. The van der Waals surface area contributed by atoms with E-state index in [1.54, 1.807) is 5.38 Å². The number of carbonyl (C=O) groups is 1. The first kappa shape index (κ1) is 20.7. The van der Waals surface area contributed by atoms with Crippen molar-refractivity contribution in [1.29, 1.82) is 0 Å². The molecule has 4 aromatic rings. The van der Waals surface area contributed by atoms with Gasteiger partial charge in [-0.3, -0.25) is 15.0 Å². The maximum absolute atomic E-state index is 12.8. The number of benzene rings is 2. The molecule has 9 heteroatoms. The average molecular weight is 479 g/mol. The van der Waals surface area contributed by atoms with E-state index in [-0.39, 0.29) is 5.91 Å². The van der Waals surface area contributed by atoms with Crippen LogP contribution in [0.2, 0.25) is 0 Å². The van der Waals surface area contributed by atoms with Crippen molar-refractivity contribution in [2.24, 2.45) is 0 Å². The van der Waals surface area contributed by atoms with Crippen LogP contribution in [0, 0.1) is 0 Å². The first-order valence-electron chi connectivity index (χ1n) is 10.9. The number of rotatable bonds is 5. The number of ether oxygens (including phenoxy) is 2. The highest BCUT2D eigenvalue weighted by atomic mass is 32.1. The van der Waals surface area contributed by atoms with Crippen LogP contribution in [0.25, 0.3) is 20.8 Å². The monoisotopic (exact) mass is 478 g/mol. The Bertz CT molecular complexity index is 1330. The van der Waals surface area contributed by atoms with Gasteiger partial charge in [0, 0.05) is 37.0 Å². The summed E-state index contributed by atoms with van der Waals surface area (Å²) < 4.78 is 12.1. The van der Waals surface area contributed by atoms with Crippen LogP contribution in [0.5, 0.6) is 5.75 Å². The van der Waals surface area contributed by atoms with Crippen molar-refractivity contribution in [3.8, 4) is 16.3 Å². The molecule has 7 nitrogen and oxygen atoms in total. The van der Waals surface area contributed by atoms with Crippen LogP contribution in [0.4, 0.5) is 5.13 Å². The summed E-state index contributed by atoms with van der Waals surface area (Å²) in [7, 11) is 0. The van der Waals surface area contributed by atoms with E-state index < -0.39 is 0 Å². The number of hydrogen-bond donors (Lipinski definition) is 1. The topological polar surface area (TPSA) is 76.6 Å². The molecule has 0 atom stereocenters. The van der Waals surface area contributed by atoms with Crippen molar-refractivity contribution >= 4 is 43.9 Å². The first-order chi connectivity index (χ1) is 16.2. The van der Waals surface area contributed by atoms with E-state index in [2.05, 4.69) is 38.4 Å². The summed E-state index contributed by atoms with van der Waals surface area (Å²) in [4.78, 5) is 24.4. The van der Waals surface area contributed by atoms with E-state index in [9.17, 15) is 4.79 Å². The fourth-order valence-electron chi connectivity index (χ4n) is 4.13. The van der Waals surface area contributed by atoms with Gasteiger partial charge in [0.2, 0.25) is 0 Å². The number of anilines is 1. The van der Waals surface area contributed by atoms with Crippen LogP contribution in [0.15, 0.2) is 41.8 Å². The van der Waals surface area contributed by atoms with Crippen molar-refractivity contribution in [2.45, 2.75) is 13.0 Å². The molecular formula is C24H22N4O3S2. The number of carbonyl (C=O) groups excluding carboxylic acids is 1. The van der Waals surface area contributed by atoms with Crippen LogP contribution in [-0.2, 0) is 17.7 Å². The van der Waals surface area contributed by atoms with Crippen molar-refractivity contribution in [1.82, 2.24) is 14.9 Å². The molecule has 1 amide bonds. The van der Waals surface area contributed by atoms with Crippen molar-refractivity contribution in [3.05, 3.63) is 58.6 Å². The standard InChI is InChI=1S/C24H22N4O3S2/c29-22(19-14-32-23(25-19)17-2-4-20-16(12-17)5-8-31-20)27-24-26-18-3-1-15(11-21(18)33-24)13-28-6-9-30-10-7-28/h1-4,11-12,14H,5-10,13H2,(H,26,27,29). The summed E-state index contributed by atoms with van der Waals surface area (Å²) in [6, 6.07) is 12.4. The van der Waals surface area contributed by atoms with E-state index in [1.807, 2.05) is 18.2 Å². The highest BCUT2D eigenvalue weighted by Crippen LogP contribution is 2.32. The van der Waals surface area contributed by atoms with Gasteiger partial charge in [-0.1, -0.05) is 17.4 Å². The summed E-state index contributed by atoms with van der Waals surface area (Å²) in [5, 5.41) is 6.13. The minimum atomic E-state index is -0.241. The molecule has 0 spiro atoms. The number of nitrogens with zero attached hydrogens (tertiary/aromatic N) is 3. The second-order valence-electron chi connectivity index (χ2n) is 8.12. The molecule has 0 bridgehead atoms. The summed E-state index contributed by atoms with van der Waals surface area (Å²) in [5.41, 5.74) is 4.74. The normalized spacial score (nSPS) is 16.0. The second kappa shape index (κ2) is 8.83. The molecule has 1 N–H and O–H groups in total. The third kappa shape index (κ3) is 4.37. The quantitative estimate of drug-likeness (QED) is 0.457. The number of nitrogens with one attached hydrogen (secondary N) is 1. The van der Waals surface area contributed by atoms with Crippen LogP contribution < -0.4 is 10.1 Å². The Morgan fingerprint density at radius 2 is 2.00 bits per heavy atom. The van der Waals surface area contributed by atoms with E-state index in [0.717, 1.165) is 72.4 Å². The molecule has 1 fully saturated rings. The lowest BCUT2D eigenvalue weighted by Crippen LogP contribution is -2.35. The van der Waals surface area contributed by atoms with Gasteiger partial charge in [0.05, 0.1) is 30.0 Å². The molecule has 0 saturated carbocycles. The largest absolute Gasteiger partial charge is 0.493 e. The highest BCUT2D eigenvalue weighted by Gasteiger charge is 2.17. The van der Waals surface area contributed by atoms with Crippen LogP contribution in [-0.4, -0.2) is 53.7 Å². The van der Waals surface area contributed by atoms with Gasteiger partial charge in [0.25, 0.3) is 5.91 Å². The van der Waals surface area contributed by atoms with Crippen LogP contribution >= 0.6 is 22.7 Å². The fourth-order valence-corrected chi connectivity index (χ4v) is 5.85. The van der Waals surface area contributed by atoms with Gasteiger partial charge < -0.3 is 9.47 Å². The fraction of sp³-hybridized carbons (Fsp3) is 0.292. The van der Waals surface area contributed by atoms with E-state index in [4.69, 9.17) is 9.47 Å². The number of aromatic nitrogens is 2. The van der Waals surface area contributed by atoms with Gasteiger partial charge in [-0.2, -0.15) is 0 Å². The van der Waals surface area contributed by atoms with Crippen molar-refractivity contribution in [2.75, 3.05) is 38.2 Å². The Hall–Kier alpha value is -2.85. The zero-order chi connectivity index (χ0) is 22.2. The summed E-state index contributed by atoms with van der Waals surface area (Å²) in [6.45, 7) is 5.11. The van der Waals surface area contributed by atoms with E-state index in [1.165, 1.54) is 33.8 Å². The third-order valence-electron chi connectivity index (χ3n) is 5.86. The Morgan fingerprint density at radius 3 is 2.91 bits per heavy atom. The Kier molecular flexibility index (Phi) is 5.55. The molecule has 4 heterocycles. The van der Waals surface area contributed by atoms with Crippen LogP contribution in [0.3, 0.4) is 0 Å². The van der Waals surface area contributed by atoms with Gasteiger partial charge in [-0.25, -0.2) is 9.97 Å². The first-order valence-corrected chi connectivity index (χ1v) is 12.6. The predicted octanol–water partition coefficient (Wildman–Crippen LogP) is 4.44. The van der Waals surface area contributed by atoms with Crippen molar-refractivity contribution < 1.29 is 14.3 Å².